The molecule has 1 aliphatic rings. The SMILES string of the molecule is CCCNc1cc(C(=O)NCC2(C(C)C)CC2)cc(Cl)n1. The first kappa shape index (κ1) is 16.1. The predicted octanol–water partition coefficient (Wildman–Crippen LogP) is 3.72. The fraction of sp³-hybridized carbons (Fsp3) is 0.625. The second-order valence-electron chi connectivity index (χ2n) is 6.19. The van der Waals surface area contributed by atoms with Gasteiger partial charge in [0.05, 0.1) is 0 Å². The lowest BCUT2D eigenvalue weighted by atomic mass is 9.92. The van der Waals surface area contributed by atoms with Crippen LogP contribution in [0.2, 0.25) is 5.15 Å². The molecule has 21 heavy (non-hydrogen) atoms. The molecule has 116 valence electrons. The molecule has 1 aliphatic carbocycles. The zero-order valence-corrected chi connectivity index (χ0v) is 13.8. The zero-order chi connectivity index (χ0) is 15.5. The van der Waals surface area contributed by atoms with Crippen molar-refractivity contribution < 1.29 is 4.79 Å². The van der Waals surface area contributed by atoms with Gasteiger partial charge in [0, 0.05) is 18.7 Å². The number of amides is 1. The number of nitrogens with one attached hydrogen (secondary N) is 2. The Morgan fingerprint density at radius 3 is 2.71 bits per heavy atom. The number of hydrogen-bond donors (Lipinski definition) is 2. The van der Waals surface area contributed by atoms with Crippen molar-refractivity contribution in [2.75, 3.05) is 18.4 Å². The van der Waals surface area contributed by atoms with Crippen molar-refractivity contribution in [3.05, 3.63) is 22.8 Å². The first-order valence-corrected chi connectivity index (χ1v) is 8.04. The minimum atomic E-state index is -0.0780. The van der Waals surface area contributed by atoms with E-state index < -0.39 is 0 Å². The van der Waals surface area contributed by atoms with E-state index in [1.165, 1.54) is 12.8 Å². The largest absolute Gasteiger partial charge is 0.370 e. The molecule has 1 aromatic rings. The third kappa shape index (κ3) is 4.10. The molecule has 4 nitrogen and oxygen atoms in total. The van der Waals surface area contributed by atoms with E-state index in [9.17, 15) is 4.79 Å². The van der Waals surface area contributed by atoms with E-state index in [4.69, 9.17) is 11.6 Å². The fourth-order valence-electron chi connectivity index (χ4n) is 2.45. The first-order chi connectivity index (χ1) is 9.97. The normalized spacial score (nSPS) is 15.9. The van der Waals surface area contributed by atoms with Crippen LogP contribution in [-0.4, -0.2) is 24.0 Å². The average Bonchev–Trinajstić information content (AvgIpc) is 3.23. The van der Waals surface area contributed by atoms with Crippen molar-refractivity contribution in [3.63, 3.8) is 0 Å². The Balaban J connectivity index is 2.00. The molecule has 5 heteroatoms. The molecule has 2 N–H and O–H groups in total. The molecule has 1 heterocycles. The van der Waals surface area contributed by atoms with Gasteiger partial charge in [-0.05, 0) is 42.7 Å². The molecule has 0 bridgehead atoms. The van der Waals surface area contributed by atoms with Crippen LogP contribution in [0.25, 0.3) is 0 Å². The Bertz CT molecular complexity index is 512. The van der Waals surface area contributed by atoms with Crippen molar-refractivity contribution in [1.29, 1.82) is 0 Å². The minimum absolute atomic E-state index is 0.0780. The average molecular weight is 310 g/mol. The van der Waals surface area contributed by atoms with Crippen molar-refractivity contribution in [1.82, 2.24) is 10.3 Å². The molecular weight excluding hydrogens is 286 g/mol. The van der Waals surface area contributed by atoms with Gasteiger partial charge < -0.3 is 10.6 Å². The number of rotatable bonds is 7. The highest BCUT2D eigenvalue weighted by molar-refractivity contribution is 6.29. The molecule has 1 amide bonds. The van der Waals surface area contributed by atoms with Crippen LogP contribution in [0.4, 0.5) is 5.82 Å². The van der Waals surface area contributed by atoms with Gasteiger partial charge in [0.25, 0.3) is 5.91 Å². The summed E-state index contributed by atoms with van der Waals surface area (Å²) in [6.45, 7) is 8.06. The molecule has 2 rings (SSSR count). The smallest absolute Gasteiger partial charge is 0.251 e. The molecule has 0 saturated heterocycles. The molecule has 1 saturated carbocycles. The summed E-state index contributed by atoms with van der Waals surface area (Å²) < 4.78 is 0. The monoisotopic (exact) mass is 309 g/mol. The molecular formula is C16H24ClN3O. The highest BCUT2D eigenvalue weighted by Crippen LogP contribution is 2.51. The van der Waals surface area contributed by atoms with E-state index in [2.05, 4.69) is 36.4 Å². The lowest BCUT2D eigenvalue weighted by Gasteiger charge is -2.20. The number of carbonyl (C=O) groups excluding carboxylic acids is 1. The zero-order valence-electron chi connectivity index (χ0n) is 13.0. The summed E-state index contributed by atoms with van der Waals surface area (Å²) in [7, 11) is 0. The van der Waals surface area contributed by atoms with Crippen molar-refractivity contribution in [2.45, 2.75) is 40.0 Å². The third-order valence-electron chi connectivity index (χ3n) is 4.33. The second-order valence-corrected chi connectivity index (χ2v) is 6.58. The van der Waals surface area contributed by atoms with Gasteiger partial charge in [-0.15, -0.1) is 0 Å². The van der Waals surface area contributed by atoms with Gasteiger partial charge in [0.15, 0.2) is 0 Å². The highest BCUT2D eigenvalue weighted by Gasteiger charge is 2.45. The number of anilines is 1. The van der Waals surface area contributed by atoms with Crippen LogP contribution >= 0.6 is 11.6 Å². The predicted molar refractivity (Wildman–Crippen MR) is 86.9 cm³/mol. The van der Waals surface area contributed by atoms with Crippen LogP contribution in [0.15, 0.2) is 12.1 Å². The molecule has 0 radical (unpaired) electrons. The third-order valence-corrected chi connectivity index (χ3v) is 4.52. The minimum Gasteiger partial charge on any atom is -0.370 e. The van der Waals surface area contributed by atoms with Gasteiger partial charge in [0.1, 0.15) is 11.0 Å². The summed E-state index contributed by atoms with van der Waals surface area (Å²) in [6, 6.07) is 3.37. The second kappa shape index (κ2) is 6.65. The van der Waals surface area contributed by atoms with Gasteiger partial charge in [-0.2, -0.15) is 0 Å². The molecule has 0 atom stereocenters. The van der Waals surface area contributed by atoms with Crippen LogP contribution in [0.5, 0.6) is 0 Å². The highest BCUT2D eigenvalue weighted by atomic mass is 35.5. The van der Waals surface area contributed by atoms with E-state index in [0.29, 0.717) is 27.9 Å². The number of carbonyl (C=O) groups is 1. The van der Waals surface area contributed by atoms with Gasteiger partial charge in [0.2, 0.25) is 0 Å². The Hall–Kier alpha value is -1.29. The number of pyridine rings is 1. The topological polar surface area (TPSA) is 54.0 Å². The summed E-state index contributed by atoms with van der Waals surface area (Å²) in [6.07, 6.45) is 3.39. The number of hydrogen-bond acceptors (Lipinski definition) is 3. The van der Waals surface area contributed by atoms with Crippen molar-refractivity contribution in [3.8, 4) is 0 Å². The lowest BCUT2D eigenvalue weighted by Crippen LogP contribution is -2.32. The van der Waals surface area contributed by atoms with E-state index >= 15 is 0 Å². The van der Waals surface area contributed by atoms with Gasteiger partial charge >= 0.3 is 0 Å². The van der Waals surface area contributed by atoms with Crippen LogP contribution in [0, 0.1) is 11.3 Å². The molecule has 0 unspecified atom stereocenters. The fourth-order valence-corrected chi connectivity index (χ4v) is 2.66. The molecule has 0 aliphatic heterocycles. The first-order valence-electron chi connectivity index (χ1n) is 7.66. The van der Waals surface area contributed by atoms with Crippen molar-refractivity contribution in [2.24, 2.45) is 11.3 Å². The summed E-state index contributed by atoms with van der Waals surface area (Å²) >= 11 is 5.99. The van der Waals surface area contributed by atoms with Gasteiger partial charge in [-0.1, -0.05) is 32.4 Å². The van der Waals surface area contributed by atoms with Crippen molar-refractivity contribution >= 4 is 23.3 Å². The lowest BCUT2D eigenvalue weighted by molar-refractivity contribution is 0.0939. The molecule has 1 aromatic heterocycles. The molecule has 0 aromatic carbocycles. The quantitative estimate of drug-likeness (QED) is 0.755. The Morgan fingerprint density at radius 1 is 1.43 bits per heavy atom. The molecule has 1 fully saturated rings. The Morgan fingerprint density at radius 2 is 2.14 bits per heavy atom. The maximum atomic E-state index is 12.3. The van der Waals surface area contributed by atoms with E-state index in [0.717, 1.165) is 19.5 Å². The Labute approximate surface area is 131 Å². The van der Waals surface area contributed by atoms with Crippen LogP contribution < -0.4 is 10.6 Å². The van der Waals surface area contributed by atoms with E-state index in [-0.39, 0.29) is 5.91 Å². The van der Waals surface area contributed by atoms with Crippen LogP contribution in [-0.2, 0) is 0 Å². The van der Waals surface area contributed by atoms with Crippen LogP contribution in [0.1, 0.15) is 50.4 Å². The van der Waals surface area contributed by atoms with E-state index in [1.807, 2.05) is 0 Å². The number of nitrogens with zero attached hydrogens (tertiary/aromatic N) is 1. The molecule has 0 spiro atoms. The maximum Gasteiger partial charge on any atom is 0.251 e. The summed E-state index contributed by atoms with van der Waals surface area (Å²) in [4.78, 5) is 16.5. The Kier molecular flexibility index (Phi) is 5.09. The van der Waals surface area contributed by atoms with E-state index in [1.54, 1.807) is 12.1 Å². The maximum absolute atomic E-state index is 12.3. The number of halogens is 1. The summed E-state index contributed by atoms with van der Waals surface area (Å²) in [5.74, 6) is 1.17. The van der Waals surface area contributed by atoms with Gasteiger partial charge in [-0.3, -0.25) is 4.79 Å². The summed E-state index contributed by atoms with van der Waals surface area (Å²) in [5.41, 5.74) is 0.864. The standard InChI is InChI=1S/C16H24ClN3O/c1-4-7-18-14-9-12(8-13(17)20-14)15(21)19-10-16(5-6-16)11(2)3/h8-9,11H,4-7,10H2,1-3H3,(H,18,20)(H,19,21). The number of aromatic nitrogens is 1. The summed E-state index contributed by atoms with van der Waals surface area (Å²) in [5, 5.41) is 6.54. The van der Waals surface area contributed by atoms with Crippen LogP contribution in [0.3, 0.4) is 0 Å². The van der Waals surface area contributed by atoms with Gasteiger partial charge in [-0.25, -0.2) is 4.98 Å².